The van der Waals surface area contributed by atoms with Crippen molar-refractivity contribution in [3.8, 4) is 5.75 Å². The van der Waals surface area contributed by atoms with Crippen molar-refractivity contribution >= 4 is 12.0 Å². The molecule has 2 aliphatic heterocycles. The molecule has 6 rings (SSSR count). The van der Waals surface area contributed by atoms with Gasteiger partial charge in [0.2, 0.25) is 5.43 Å². The zero-order valence-electron chi connectivity index (χ0n) is 23.2. The Hall–Kier alpha value is -4.25. The third-order valence-corrected chi connectivity index (χ3v) is 8.09. The first-order chi connectivity index (χ1) is 20.3. The van der Waals surface area contributed by atoms with Gasteiger partial charge >= 0.3 is 6.09 Å². The number of aromatic nitrogens is 1. The number of carbonyl (C=O) groups excluding carboxylic acids is 2. The lowest BCUT2D eigenvalue weighted by atomic mass is 10.0. The van der Waals surface area contributed by atoms with E-state index in [4.69, 9.17) is 9.47 Å². The van der Waals surface area contributed by atoms with Crippen LogP contribution in [0.5, 0.6) is 5.75 Å². The fraction of sp³-hybridized carbons (Fsp3) is 0.387. The summed E-state index contributed by atoms with van der Waals surface area (Å²) in [7, 11) is 0. The van der Waals surface area contributed by atoms with Gasteiger partial charge in [0.05, 0.1) is 6.54 Å². The van der Waals surface area contributed by atoms with E-state index in [-0.39, 0.29) is 47.5 Å². The molecule has 11 heteroatoms. The summed E-state index contributed by atoms with van der Waals surface area (Å²) >= 11 is 0. The molecule has 9 nitrogen and oxygen atoms in total. The highest BCUT2D eigenvalue weighted by Gasteiger charge is 2.49. The fourth-order valence-electron chi connectivity index (χ4n) is 5.76. The molecule has 1 saturated carbocycles. The maximum Gasteiger partial charge on any atom is 0.408 e. The Bertz CT molecular complexity index is 1540. The van der Waals surface area contributed by atoms with Crippen LogP contribution in [0, 0.1) is 17.6 Å². The molecule has 3 atom stereocenters. The van der Waals surface area contributed by atoms with Crippen LogP contribution in [0.4, 0.5) is 13.6 Å². The molecule has 3 aromatic rings. The maximum absolute atomic E-state index is 14.0. The van der Waals surface area contributed by atoms with Gasteiger partial charge in [-0.25, -0.2) is 18.5 Å². The Morgan fingerprint density at radius 1 is 1.07 bits per heavy atom. The molecule has 2 aromatic carbocycles. The van der Waals surface area contributed by atoms with Crippen LogP contribution in [0.15, 0.2) is 65.6 Å². The molecule has 0 radical (unpaired) electrons. The van der Waals surface area contributed by atoms with Crippen LogP contribution in [-0.4, -0.2) is 51.3 Å². The number of hydrogen-bond acceptors (Lipinski definition) is 6. The molecular formula is C31H32F2N4O5. The number of fused-ring (bicyclic) bond motifs is 2. The van der Waals surface area contributed by atoms with E-state index in [1.165, 1.54) is 12.1 Å². The number of hydrogen-bond donors (Lipinski definition) is 1. The summed E-state index contributed by atoms with van der Waals surface area (Å²) in [5.74, 6) is -1.31. The van der Waals surface area contributed by atoms with Crippen LogP contribution in [0.1, 0.15) is 47.8 Å². The van der Waals surface area contributed by atoms with Crippen molar-refractivity contribution in [2.24, 2.45) is 5.92 Å². The normalized spacial score (nSPS) is 21.8. The highest BCUT2D eigenvalue weighted by Crippen LogP contribution is 2.38. The lowest BCUT2D eigenvalue weighted by Gasteiger charge is -2.53. The molecule has 220 valence electrons. The van der Waals surface area contributed by atoms with Gasteiger partial charge in [0, 0.05) is 49.4 Å². The Morgan fingerprint density at radius 3 is 2.60 bits per heavy atom. The molecule has 0 bridgehead atoms. The predicted molar refractivity (Wildman–Crippen MR) is 148 cm³/mol. The molecular weight excluding hydrogens is 546 g/mol. The molecule has 3 aliphatic rings. The maximum atomic E-state index is 14.0. The average Bonchev–Trinajstić information content (AvgIpc) is 3.79. The van der Waals surface area contributed by atoms with Crippen molar-refractivity contribution in [3.05, 3.63) is 99.5 Å². The number of nitrogens with zero attached hydrogens (tertiary/aromatic N) is 3. The molecule has 42 heavy (non-hydrogen) atoms. The summed E-state index contributed by atoms with van der Waals surface area (Å²) in [6, 6.07) is 13.7. The zero-order valence-corrected chi connectivity index (χ0v) is 23.2. The van der Waals surface area contributed by atoms with E-state index in [0.717, 1.165) is 30.5 Å². The van der Waals surface area contributed by atoms with E-state index < -0.39 is 30.1 Å². The van der Waals surface area contributed by atoms with E-state index in [0.29, 0.717) is 25.4 Å². The Labute approximate surface area is 241 Å². The number of alkyl carbamates (subject to hydrolysis) is 1. The quantitative estimate of drug-likeness (QED) is 0.430. The van der Waals surface area contributed by atoms with E-state index in [1.807, 2.05) is 42.2 Å². The van der Waals surface area contributed by atoms with Crippen LogP contribution < -0.4 is 15.5 Å². The number of benzene rings is 2. The second-order valence-corrected chi connectivity index (χ2v) is 11.2. The van der Waals surface area contributed by atoms with Gasteiger partial charge in [-0.05, 0) is 37.3 Å². The number of halogens is 2. The standard InChI is InChI=1S/C31H32F2N4O5/c1-19-13-27(42-31(40)34-15-22-9-10-23(32)14-24(22)33)36(16-20-7-8-20)26-17-35-12-11-25(38)29(28(35)30(39)37(19)26)41-18-21-5-3-2-4-6-21/h2-6,9-12,14,19-20,26-27H,7-8,13,15-18H2,1H3,(H,34,40)/t19-,26-,27?/m0/s1. The number of nitrogens with one attached hydrogen (secondary N) is 1. The monoisotopic (exact) mass is 578 g/mol. The summed E-state index contributed by atoms with van der Waals surface area (Å²) in [6.45, 7) is 2.89. The number of amides is 2. The molecule has 1 unspecified atom stereocenters. The summed E-state index contributed by atoms with van der Waals surface area (Å²) in [5.41, 5.74) is 0.869. The molecule has 1 saturated heterocycles. The van der Waals surface area contributed by atoms with Gasteiger partial charge in [-0.15, -0.1) is 0 Å². The van der Waals surface area contributed by atoms with Crippen molar-refractivity contribution in [2.45, 2.75) is 64.3 Å². The topological polar surface area (TPSA) is 93.1 Å². The third kappa shape index (κ3) is 5.74. The summed E-state index contributed by atoms with van der Waals surface area (Å²) in [4.78, 5) is 43.5. The first kappa shape index (κ1) is 27.9. The van der Waals surface area contributed by atoms with Crippen LogP contribution in [0.25, 0.3) is 0 Å². The smallest absolute Gasteiger partial charge is 0.408 e. The lowest BCUT2D eigenvalue weighted by molar-refractivity contribution is -0.136. The summed E-state index contributed by atoms with van der Waals surface area (Å²) < 4.78 is 40.8. The molecule has 1 aromatic heterocycles. The minimum atomic E-state index is -0.752. The van der Waals surface area contributed by atoms with Crippen LogP contribution in [0.2, 0.25) is 0 Å². The molecule has 2 fully saturated rings. The van der Waals surface area contributed by atoms with Crippen molar-refractivity contribution in [3.63, 3.8) is 0 Å². The average molecular weight is 579 g/mol. The van der Waals surface area contributed by atoms with Gasteiger partial charge in [-0.2, -0.15) is 0 Å². The minimum Gasteiger partial charge on any atom is -0.483 e. The number of carbonyl (C=O) groups is 2. The molecule has 3 heterocycles. The zero-order chi connectivity index (χ0) is 29.4. The Balaban J connectivity index is 1.22. The van der Waals surface area contributed by atoms with Crippen LogP contribution >= 0.6 is 0 Å². The van der Waals surface area contributed by atoms with Crippen LogP contribution in [0.3, 0.4) is 0 Å². The van der Waals surface area contributed by atoms with Crippen molar-refractivity contribution in [1.29, 1.82) is 0 Å². The van der Waals surface area contributed by atoms with Crippen molar-refractivity contribution < 1.29 is 27.8 Å². The Kier molecular flexibility index (Phi) is 7.68. The molecule has 0 spiro atoms. The van der Waals surface area contributed by atoms with Gasteiger partial charge in [0.25, 0.3) is 5.91 Å². The van der Waals surface area contributed by atoms with Gasteiger partial charge in [-0.1, -0.05) is 36.4 Å². The first-order valence-corrected chi connectivity index (χ1v) is 14.2. The van der Waals surface area contributed by atoms with Crippen molar-refractivity contribution in [1.82, 2.24) is 19.7 Å². The minimum absolute atomic E-state index is 0.0246. The van der Waals surface area contributed by atoms with Crippen LogP contribution in [-0.2, 0) is 24.4 Å². The SMILES string of the molecule is C[C@H]1CC(OC(=O)NCc2ccc(F)cc2F)N(CC2CC2)[C@@H]2Cn3ccc(=O)c(OCc4ccccc4)c3C(=O)N12. The number of ether oxygens (including phenoxy) is 2. The second-order valence-electron chi connectivity index (χ2n) is 11.2. The fourth-order valence-corrected chi connectivity index (χ4v) is 5.76. The van der Waals surface area contributed by atoms with E-state index in [2.05, 4.69) is 5.32 Å². The van der Waals surface area contributed by atoms with E-state index in [9.17, 15) is 23.2 Å². The summed E-state index contributed by atoms with van der Waals surface area (Å²) in [5, 5.41) is 2.56. The first-order valence-electron chi connectivity index (χ1n) is 14.2. The highest BCUT2D eigenvalue weighted by atomic mass is 19.1. The Morgan fingerprint density at radius 2 is 1.86 bits per heavy atom. The van der Waals surface area contributed by atoms with Crippen molar-refractivity contribution in [2.75, 3.05) is 6.54 Å². The largest absolute Gasteiger partial charge is 0.483 e. The van der Waals surface area contributed by atoms with E-state index >= 15 is 0 Å². The molecule has 1 aliphatic carbocycles. The van der Waals surface area contributed by atoms with Gasteiger partial charge < -0.3 is 24.3 Å². The van der Waals surface area contributed by atoms with Gasteiger partial charge in [-0.3, -0.25) is 9.59 Å². The third-order valence-electron chi connectivity index (χ3n) is 8.09. The summed E-state index contributed by atoms with van der Waals surface area (Å²) in [6.07, 6.45) is 2.30. The van der Waals surface area contributed by atoms with E-state index in [1.54, 1.807) is 15.7 Å². The number of rotatable bonds is 8. The second kappa shape index (κ2) is 11.6. The highest BCUT2D eigenvalue weighted by molar-refractivity contribution is 5.96. The predicted octanol–water partition coefficient (Wildman–Crippen LogP) is 4.24. The molecule has 1 N–H and O–H groups in total. The van der Waals surface area contributed by atoms with Gasteiger partial charge in [0.15, 0.2) is 17.7 Å². The number of pyridine rings is 1. The molecule has 2 amide bonds. The van der Waals surface area contributed by atoms with Gasteiger partial charge in [0.1, 0.15) is 24.4 Å². The lowest BCUT2D eigenvalue weighted by Crippen LogP contribution is -2.67.